The fourth-order valence-corrected chi connectivity index (χ4v) is 3.01. The van der Waals surface area contributed by atoms with Crippen LogP contribution in [-0.2, 0) is 4.74 Å². The molecule has 1 aromatic heterocycles. The smallest absolute Gasteiger partial charge is 0.340 e. The molecule has 0 amide bonds. The van der Waals surface area contributed by atoms with Crippen molar-refractivity contribution in [2.75, 3.05) is 6.61 Å². The molecule has 0 aliphatic rings. The van der Waals surface area contributed by atoms with Crippen molar-refractivity contribution in [2.24, 2.45) is 0 Å². The van der Waals surface area contributed by atoms with Gasteiger partial charge >= 0.3 is 5.97 Å². The van der Waals surface area contributed by atoms with Gasteiger partial charge in [-0.25, -0.2) is 4.79 Å². The Morgan fingerprint density at radius 2 is 1.44 bits per heavy atom. The topological polar surface area (TPSA) is 59.2 Å². The maximum Gasteiger partial charge on any atom is 0.340 e. The average molecular weight is 355 g/mol. The number of hydrogen-bond acceptors (Lipinski definition) is 3. The van der Waals surface area contributed by atoms with E-state index in [0.717, 1.165) is 22.0 Å². The van der Waals surface area contributed by atoms with Crippen molar-refractivity contribution in [1.82, 2.24) is 4.98 Å². The Morgan fingerprint density at radius 1 is 0.778 bits per heavy atom. The van der Waals surface area contributed by atoms with Crippen LogP contribution in [0.5, 0.6) is 0 Å². The van der Waals surface area contributed by atoms with E-state index in [1.165, 1.54) is 0 Å². The van der Waals surface area contributed by atoms with Gasteiger partial charge in [0.05, 0.1) is 5.56 Å². The number of aromatic nitrogens is 1. The number of H-pyrrole nitrogens is 1. The van der Waals surface area contributed by atoms with Gasteiger partial charge < -0.3 is 9.72 Å². The van der Waals surface area contributed by atoms with Crippen molar-refractivity contribution in [3.05, 3.63) is 96.2 Å². The first-order valence-corrected chi connectivity index (χ1v) is 8.64. The third-order valence-electron chi connectivity index (χ3n) is 4.46. The molecule has 0 saturated heterocycles. The van der Waals surface area contributed by atoms with E-state index in [-0.39, 0.29) is 12.4 Å². The molecule has 3 aromatic carbocycles. The number of benzene rings is 3. The summed E-state index contributed by atoms with van der Waals surface area (Å²) >= 11 is 0. The summed E-state index contributed by atoms with van der Waals surface area (Å²) in [7, 11) is 0. The van der Waals surface area contributed by atoms with Crippen LogP contribution in [0.15, 0.2) is 85.1 Å². The highest BCUT2D eigenvalue weighted by Crippen LogP contribution is 2.20. The molecule has 0 spiro atoms. The average Bonchev–Trinajstić information content (AvgIpc) is 3.17. The van der Waals surface area contributed by atoms with Gasteiger partial charge in [-0.15, -0.1) is 0 Å². The van der Waals surface area contributed by atoms with Gasteiger partial charge in [0.25, 0.3) is 0 Å². The molecule has 4 aromatic rings. The molecular formula is C23H17NO3. The Hall–Kier alpha value is -3.66. The minimum atomic E-state index is -0.512. The van der Waals surface area contributed by atoms with Gasteiger partial charge in [-0.2, -0.15) is 0 Å². The molecule has 132 valence electrons. The van der Waals surface area contributed by atoms with E-state index < -0.39 is 5.97 Å². The summed E-state index contributed by atoms with van der Waals surface area (Å²) < 4.78 is 5.22. The lowest BCUT2D eigenvalue weighted by molar-refractivity contribution is 0.0477. The molecule has 4 rings (SSSR count). The number of nitrogens with one attached hydrogen (secondary N) is 1. The Labute approximate surface area is 156 Å². The number of carbonyl (C=O) groups excluding carboxylic acids is 2. The van der Waals surface area contributed by atoms with Crippen LogP contribution in [0.25, 0.3) is 22.0 Å². The Balaban J connectivity index is 1.42. The van der Waals surface area contributed by atoms with Crippen LogP contribution in [0.1, 0.15) is 20.7 Å². The highest BCUT2D eigenvalue weighted by molar-refractivity contribution is 6.05. The number of rotatable bonds is 5. The molecule has 1 N–H and O–H groups in total. The second kappa shape index (κ2) is 7.30. The SMILES string of the molecule is O=C(COC(=O)c1c[nH]c2ccccc12)c1ccc(-c2ccccc2)cc1. The number of carbonyl (C=O) groups is 2. The second-order valence-corrected chi connectivity index (χ2v) is 6.19. The van der Waals surface area contributed by atoms with Gasteiger partial charge in [-0.3, -0.25) is 4.79 Å². The largest absolute Gasteiger partial charge is 0.454 e. The standard InChI is InChI=1S/C23H17NO3/c25-22(18-12-10-17(11-13-18)16-6-2-1-3-7-16)15-27-23(26)20-14-24-21-9-5-4-8-19(20)21/h1-14,24H,15H2. The zero-order valence-corrected chi connectivity index (χ0v) is 14.5. The van der Waals surface area contributed by atoms with Gasteiger partial charge in [0.15, 0.2) is 12.4 Å². The third-order valence-corrected chi connectivity index (χ3v) is 4.46. The van der Waals surface area contributed by atoms with E-state index in [9.17, 15) is 9.59 Å². The summed E-state index contributed by atoms with van der Waals surface area (Å²) in [6, 6.07) is 24.7. The first-order valence-electron chi connectivity index (χ1n) is 8.64. The second-order valence-electron chi connectivity index (χ2n) is 6.19. The highest BCUT2D eigenvalue weighted by Gasteiger charge is 2.15. The van der Waals surface area contributed by atoms with Gasteiger partial charge in [0.2, 0.25) is 0 Å². The molecule has 0 bridgehead atoms. The number of ether oxygens (including phenoxy) is 1. The summed E-state index contributed by atoms with van der Waals surface area (Å²) in [5.74, 6) is -0.746. The van der Waals surface area contributed by atoms with Crippen LogP contribution in [0, 0.1) is 0 Å². The van der Waals surface area contributed by atoms with Crippen LogP contribution in [0.3, 0.4) is 0 Å². The highest BCUT2D eigenvalue weighted by atomic mass is 16.5. The first-order chi connectivity index (χ1) is 13.2. The summed E-state index contributed by atoms with van der Waals surface area (Å²) in [5, 5.41) is 0.780. The number of ketones is 1. The maximum atomic E-state index is 12.3. The van der Waals surface area contributed by atoms with Crippen molar-refractivity contribution in [2.45, 2.75) is 0 Å². The Morgan fingerprint density at radius 3 is 2.22 bits per heavy atom. The predicted octanol–water partition coefficient (Wildman–Crippen LogP) is 4.87. The van der Waals surface area contributed by atoms with E-state index >= 15 is 0 Å². The van der Waals surface area contributed by atoms with E-state index in [2.05, 4.69) is 4.98 Å². The first kappa shape index (κ1) is 16.8. The van der Waals surface area contributed by atoms with Gasteiger partial charge in [0.1, 0.15) is 0 Å². The van der Waals surface area contributed by atoms with Crippen LogP contribution in [0.2, 0.25) is 0 Å². The molecule has 1 heterocycles. The van der Waals surface area contributed by atoms with Crippen molar-refractivity contribution < 1.29 is 14.3 Å². The number of esters is 1. The Bertz CT molecular complexity index is 1100. The van der Waals surface area contributed by atoms with Crippen molar-refractivity contribution in [3.8, 4) is 11.1 Å². The summed E-state index contributed by atoms with van der Waals surface area (Å²) in [6.45, 7) is -0.289. The minimum absolute atomic E-state index is 0.234. The van der Waals surface area contributed by atoms with Gasteiger partial charge in [-0.05, 0) is 17.2 Å². The van der Waals surface area contributed by atoms with E-state index in [0.29, 0.717) is 11.1 Å². The molecule has 4 heteroatoms. The zero-order valence-electron chi connectivity index (χ0n) is 14.5. The van der Waals surface area contributed by atoms with Gasteiger partial charge in [0, 0.05) is 22.7 Å². The molecule has 27 heavy (non-hydrogen) atoms. The molecule has 0 saturated carbocycles. The summed E-state index contributed by atoms with van der Waals surface area (Å²) in [6.07, 6.45) is 1.60. The lowest BCUT2D eigenvalue weighted by Crippen LogP contribution is -2.14. The van der Waals surface area contributed by atoms with Gasteiger partial charge in [-0.1, -0.05) is 72.8 Å². The predicted molar refractivity (Wildman–Crippen MR) is 105 cm³/mol. The fourth-order valence-electron chi connectivity index (χ4n) is 3.01. The lowest BCUT2D eigenvalue weighted by Gasteiger charge is -2.05. The molecule has 0 aliphatic heterocycles. The molecular weight excluding hydrogens is 338 g/mol. The number of hydrogen-bond donors (Lipinski definition) is 1. The zero-order chi connectivity index (χ0) is 18.6. The lowest BCUT2D eigenvalue weighted by atomic mass is 10.0. The van der Waals surface area contributed by atoms with E-state index in [1.54, 1.807) is 18.3 Å². The summed E-state index contributed by atoms with van der Waals surface area (Å²) in [5.41, 5.74) is 3.91. The van der Waals surface area contributed by atoms with E-state index in [4.69, 9.17) is 4.74 Å². The molecule has 0 unspecified atom stereocenters. The van der Waals surface area contributed by atoms with Crippen molar-refractivity contribution in [1.29, 1.82) is 0 Å². The van der Waals surface area contributed by atoms with E-state index in [1.807, 2.05) is 66.7 Å². The minimum Gasteiger partial charge on any atom is -0.454 e. The van der Waals surface area contributed by atoms with Crippen LogP contribution >= 0.6 is 0 Å². The molecule has 0 fully saturated rings. The number of aromatic amines is 1. The molecule has 0 atom stereocenters. The number of para-hydroxylation sites is 1. The normalized spacial score (nSPS) is 10.7. The number of fused-ring (bicyclic) bond motifs is 1. The van der Waals surface area contributed by atoms with Crippen molar-refractivity contribution >= 4 is 22.7 Å². The fraction of sp³-hybridized carbons (Fsp3) is 0.0435. The number of Topliss-reactive ketones (excluding diaryl/α,β-unsaturated/α-hetero) is 1. The monoisotopic (exact) mass is 355 g/mol. The Kier molecular flexibility index (Phi) is 4.54. The molecule has 0 aliphatic carbocycles. The maximum absolute atomic E-state index is 12.3. The summed E-state index contributed by atoms with van der Waals surface area (Å²) in [4.78, 5) is 27.7. The van der Waals surface area contributed by atoms with Crippen molar-refractivity contribution in [3.63, 3.8) is 0 Å². The quantitative estimate of drug-likeness (QED) is 0.410. The third kappa shape index (κ3) is 3.51. The van der Waals surface area contributed by atoms with Crippen LogP contribution in [0.4, 0.5) is 0 Å². The molecule has 0 radical (unpaired) electrons. The molecule has 4 nitrogen and oxygen atoms in total. The van der Waals surface area contributed by atoms with Crippen LogP contribution in [-0.4, -0.2) is 23.3 Å². The van der Waals surface area contributed by atoms with Crippen LogP contribution < -0.4 is 0 Å².